The van der Waals surface area contributed by atoms with E-state index in [0.29, 0.717) is 30.5 Å². The Labute approximate surface area is 160 Å². The molecule has 2 atom stereocenters. The lowest BCUT2D eigenvalue weighted by molar-refractivity contribution is -0.0593. The summed E-state index contributed by atoms with van der Waals surface area (Å²) in [4.78, 5) is 2.54. The molecule has 0 saturated carbocycles. The molecule has 0 amide bonds. The Kier molecular flexibility index (Phi) is 5.46. The number of rotatable bonds is 7. The molecular weight excluding hydrogens is 341 g/mol. The number of hydrogen-bond acceptors (Lipinski definition) is 3. The Morgan fingerprint density at radius 2 is 1.63 bits per heavy atom. The van der Waals surface area contributed by atoms with Gasteiger partial charge in [0.05, 0.1) is 12.2 Å². The van der Waals surface area contributed by atoms with Crippen LogP contribution in [0.3, 0.4) is 0 Å². The highest BCUT2D eigenvalue weighted by molar-refractivity contribution is 5.26. The Balaban J connectivity index is 1.29. The van der Waals surface area contributed by atoms with E-state index in [1.165, 1.54) is 6.07 Å². The molecule has 2 heterocycles. The maximum Gasteiger partial charge on any atom is 0.129 e. The maximum absolute atomic E-state index is 14.2. The van der Waals surface area contributed by atoms with Gasteiger partial charge >= 0.3 is 0 Å². The van der Waals surface area contributed by atoms with Gasteiger partial charge in [0.2, 0.25) is 0 Å². The molecule has 2 bridgehead atoms. The standard InChI is InChI=1S/C23H28FNO2/c24-22-11-5-4-10-21(22)23(26)16-18-12-13-19(17-23)25(18)14-6-7-15-27-20-8-2-1-3-9-20/h1-5,8-11,18-19,26H,6-7,12-17H2. The average molecular weight is 369 g/mol. The summed E-state index contributed by atoms with van der Waals surface area (Å²) < 4.78 is 20.0. The predicted octanol–water partition coefficient (Wildman–Crippen LogP) is 4.50. The fourth-order valence-corrected chi connectivity index (χ4v) is 4.84. The van der Waals surface area contributed by atoms with Crippen LogP contribution in [0, 0.1) is 5.82 Å². The van der Waals surface area contributed by atoms with Crippen molar-refractivity contribution in [2.45, 2.75) is 56.2 Å². The molecule has 144 valence electrons. The first-order valence-corrected chi connectivity index (χ1v) is 10.1. The third kappa shape index (κ3) is 4.02. The molecule has 2 aliphatic heterocycles. The Bertz CT molecular complexity index is 737. The van der Waals surface area contributed by atoms with Crippen LogP contribution in [0.1, 0.15) is 44.1 Å². The zero-order valence-electron chi connectivity index (χ0n) is 15.7. The van der Waals surface area contributed by atoms with E-state index < -0.39 is 5.60 Å². The Hall–Kier alpha value is -1.91. The molecule has 0 radical (unpaired) electrons. The van der Waals surface area contributed by atoms with Crippen LogP contribution in [-0.2, 0) is 5.60 Å². The zero-order valence-corrected chi connectivity index (χ0v) is 15.7. The van der Waals surface area contributed by atoms with E-state index in [1.807, 2.05) is 36.4 Å². The van der Waals surface area contributed by atoms with Crippen molar-refractivity contribution < 1.29 is 14.2 Å². The van der Waals surface area contributed by atoms with Gasteiger partial charge in [-0.3, -0.25) is 4.90 Å². The highest BCUT2D eigenvalue weighted by Crippen LogP contribution is 2.46. The van der Waals surface area contributed by atoms with Crippen LogP contribution in [0.25, 0.3) is 0 Å². The molecule has 3 nitrogen and oxygen atoms in total. The molecule has 0 spiro atoms. The lowest BCUT2D eigenvalue weighted by atomic mass is 9.80. The number of aliphatic hydroxyl groups is 1. The van der Waals surface area contributed by atoms with Crippen LogP contribution in [-0.4, -0.2) is 35.2 Å². The van der Waals surface area contributed by atoms with E-state index in [0.717, 1.165) is 44.6 Å². The van der Waals surface area contributed by atoms with Gasteiger partial charge in [0.25, 0.3) is 0 Å². The molecule has 2 aromatic rings. The number of nitrogens with zero attached hydrogens (tertiary/aromatic N) is 1. The minimum Gasteiger partial charge on any atom is -0.494 e. The van der Waals surface area contributed by atoms with Gasteiger partial charge in [-0.1, -0.05) is 36.4 Å². The van der Waals surface area contributed by atoms with Gasteiger partial charge in [-0.25, -0.2) is 4.39 Å². The molecule has 4 heteroatoms. The molecule has 2 aliphatic rings. The summed E-state index contributed by atoms with van der Waals surface area (Å²) in [6, 6.07) is 17.3. The second-order valence-electron chi connectivity index (χ2n) is 7.91. The summed E-state index contributed by atoms with van der Waals surface area (Å²) in [6.07, 6.45) is 5.56. The molecule has 2 saturated heterocycles. The molecule has 4 rings (SSSR count). The van der Waals surface area contributed by atoms with Gasteiger partial charge in [0.15, 0.2) is 0 Å². The average Bonchev–Trinajstić information content (AvgIpc) is 2.93. The summed E-state index contributed by atoms with van der Waals surface area (Å²) in [7, 11) is 0. The number of hydrogen-bond donors (Lipinski definition) is 1. The molecule has 2 fully saturated rings. The van der Waals surface area contributed by atoms with Crippen LogP contribution in [0.15, 0.2) is 54.6 Å². The van der Waals surface area contributed by atoms with E-state index in [4.69, 9.17) is 4.74 Å². The largest absolute Gasteiger partial charge is 0.494 e. The molecule has 0 aliphatic carbocycles. The lowest BCUT2D eigenvalue weighted by Gasteiger charge is -2.44. The minimum atomic E-state index is -1.02. The molecule has 2 aromatic carbocycles. The third-order valence-corrected chi connectivity index (χ3v) is 6.12. The van der Waals surface area contributed by atoms with Crippen LogP contribution in [0.4, 0.5) is 4.39 Å². The van der Waals surface area contributed by atoms with Crippen molar-refractivity contribution in [3.05, 3.63) is 66.0 Å². The Morgan fingerprint density at radius 3 is 2.33 bits per heavy atom. The summed E-state index contributed by atoms with van der Waals surface area (Å²) in [5, 5.41) is 11.2. The number of para-hydroxylation sites is 1. The predicted molar refractivity (Wildman–Crippen MR) is 104 cm³/mol. The van der Waals surface area contributed by atoms with E-state index in [-0.39, 0.29) is 5.82 Å². The SMILES string of the molecule is OC1(c2ccccc2F)CC2CCC(C1)N2CCCCOc1ccccc1. The van der Waals surface area contributed by atoms with Crippen LogP contribution in [0.2, 0.25) is 0 Å². The van der Waals surface area contributed by atoms with E-state index in [1.54, 1.807) is 12.1 Å². The highest BCUT2D eigenvalue weighted by Gasteiger charge is 2.48. The van der Waals surface area contributed by atoms with Crippen LogP contribution < -0.4 is 4.74 Å². The Morgan fingerprint density at radius 1 is 0.963 bits per heavy atom. The molecular formula is C23H28FNO2. The first-order chi connectivity index (χ1) is 13.2. The first-order valence-electron chi connectivity index (χ1n) is 10.1. The fourth-order valence-electron chi connectivity index (χ4n) is 4.84. The van der Waals surface area contributed by atoms with Gasteiger partial charge in [0, 0.05) is 17.6 Å². The number of benzene rings is 2. The molecule has 1 N–H and O–H groups in total. The first kappa shape index (κ1) is 18.5. The second kappa shape index (κ2) is 7.99. The maximum atomic E-state index is 14.2. The van der Waals surface area contributed by atoms with Crippen LogP contribution >= 0.6 is 0 Å². The van der Waals surface area contributed by atoms with E-state index in [2.05, 4.69) is 4.90 Å². The van der Waals surface area contributed by atoms with Crippen LogP contribution in [0.5, 0.6) is 5.75 Å². The fraction of sp³-hybridized carbons (Fsp3) is 0.478. The van der Waals surface area contributed by atoms with Crippen molar-refractivity contribution in [3.8, 4) is 5.75 Å². The third-order valence-electron chi connectivity index (χ3n) is 6.12. The van der Waals surface area contributed by atoms with Gasteiger partial charge in [-0.05, 0) is 63.3 Å². The minimum absolute atomic E-state index is 0.286. The number of unbranched alkanes of at least 4 members (excludes halogenated alkanes) is 1. The lowest BCUT2D eigenvalue weighted by Crippen LogP contribution is -2.50. The summed E-state index contributed by atoms with van der Waals surface area (Å²) in [5.41, 5.74) is -0.554. The number of halogens is 1. The quantitative estimate of drug-likeness (QED) is 0.730. The molecule has 0 aromatic heterocycles. The normalized spacial score (nSPS) is 27.6. The second-order valence-corrected chi connectivity index (χ2v) is 7.91. The zero-order chi connectivity index (χ0) is 18.7. The molecule has 27 heavy (non-hydrogen) atoms. The monoisotopic (exact) mass is 369 g/mol. The number of ether oxygens (including phenoxy) is 1. The summed E-state index contributed by atoms with van der Waals surface area (Å²) in [5.74, 6) is 0.636. The van der Waals surface area contributed by atoms with Gasteiger partial charge in [-0.15, -0.1) is 0 Å². The summed E-state index contributed by atoms with van der Waals surface area (Å²) >= 11 is 0. The number of piperidine rings is 1. The smallest absolute Gasteiger partial charge is 0.129 e. The highest BCUT2D eigenvalue weighted by atomic mass is 19.1. The number of fused-ring (bicyclic) bond motifs is 2. The van der Waals surface area contributed by atoms with Gasteiger partial charge < -0.3 is 9.84 Å². The van der Waals surface area contributed by atoms with Crippen molar-refractivity contribution >= 4 is 0 Å². The van der Waals surface area contributed by atoms with Crippen molar-refractivity contribution in [1.29, 1.82) is 0 Å². The van der Waals surface area contributed by atoms with Crippen molar-refractivity contribution in [1.82, 2.24) is 4.90 Å². The van der Waals surface area contributed by atoms with Gasteiger partial charge in [0.1, 0.15) is 11.6 Å². The van der Waals surface area contributed by atoms with Crippen molar-refractivity contribution in [3.63, 3.8) is 0 Å². The molecule has 2 unspecified atom stereocenters. The van der Waals surface area contributed by atoms with Crippen molar-refractivity contribution in [2.24, 2.45) is 0 Å². The van der Waals surface area contributed by atoms with E-state index in [9.17, 15) is 9.50 Å². The topological polar surface area (TPSA) is 32.7 Å². The van der Waals surface area contributed by atoms with Crippen molar-refractivity contribution in [2.75, 3.05) is 13.2 Å². The van der Waals surface area contributed by atoms with Gasteiger partial charge in [-0.2, -0.15) is 0 Å². The van der Waals surface area contributed by atoms with E-state index >= 15 is 0 Å². The summed E-state index contributed by atoms with van der Waals surface area (Å²) in [6.45, 7) is 1.76.